The minimum Gasteiger partial charge on any atom is -0.151 e. The van der Waals surface area contributed by atoms with Gasteiger partial charge in [0, 0.05) is 0 Å². The molecule has 0 amide bonds. The molecular weight excluding hydrogens is 234 g/mol. The molecule has 0 saturated heterocycles. The van der Waals surface area contributed by atoms with Crippen LogP contribution in [0.2, 0.25) is 6.55 Å². The van der Waals surface area contributed by atoms with Crippen LogP contribution < -0.4 is 0 Å². The maximum atomic E-state index is 5.81. The van der Waals surface area contributed by atoms with E-state index in [-0.39, 0.29) is 0 Å². The quantitative estimate of drug-likeness (QED) is 0.396. The van der Waals surface area contributed by atoms with E-state index in [1.807, 2.05) is 6.55 Å². The molecule has 0 radical (unpaired) electrons. The largest absolute Gasteiger partial charge is 0.232 e. The molecule has 0 atom stereocenters. The van der Waals surface area contributed by atoms with Gasteiger partial charge >= 0.3 is 0 Å². The maximum absolute atomic E-state index is 5.81. The molecule has 0 N–H and O–H groups in total. The van der Waals surface area contributed by atoms with Gasteiger partial charge in [0.15, 0.2) is 0 Å². The van der Waals surface area contributed by atoms with E-state index in [4.69, 9.17) is 45.4 Å². The summed E-state index contributed by atoms with van der Waals surface area (Å²) in [5, 5.41) is 0. The smallest absolute Gasteiger partial charge is 0.151 e. The van der Waals surface area contributed by atoms with E-state index in [2.05, 4.69) is 0 Å². The van der Waals surface area contributed by atoms with Crippen LogP contribution in [0, 0.1) is 0 Å². The van der Waals surface area contributed by atoms with Gasteiger partial charge in [0.05, 0.1) is 13.0 Å². The number of alkyl halides is 2. The van der Waals surface area contributed by atoms with Crippen LogP contribution in [0.4, 0.5) is 0 Å². The van der Waals surface area contributed by atoms with Gasteiger partial charge in [-0.15, -0.1) is 23.2 Å². The lowest BCUT2D eigenvalue weighted by Crippen LogP contribution is -2.36. The number of hydrogen-bond acceptors (Lipinski definition) is 0. The number of rotatable bonds is 2. The molecule has 0 saturated carbocycles. The fourth-order valence-corrected chi connectivity index (χ4v) is 17.0. The molecular formula is C3H8Cl4Si2. The van der Waals surface area contributed by atoms with Crippen LogP contribution in [0.5, 0.6) is 0 Å². The lowest BCUT2D eigenvalue weighted by molar-refractivity contribution is 1.26. The van der Waals surface area contributed by atoms with Gasteiger partial charge in [0.2, 0.25) is 6.21 Å². The fraction of sp³-hybridized carbons (Fsp3) is 1.00. The Bertz CT molecular complexity index is 79.0. The minimum absolute atomic E-state index is 0.634. The molecule has 0 aliphatic heterocycles. The number of hydrogen-bond donors (Lipinski definition) is 0. The monoisotopic (exact) mass is 240 g/mol. The average molecular weight is 242 g/mol. The third-order valence-electron chi connectivity index (χ3n) is 0.621. The Morgan fingerprint density at radius 2 is 1.67 bits per heavy atom. The van der Waals surface area contributed by atoms with Gasteiger partial charge in [-0.3, -0.25) is 0 Å². The summed E-state index contributed by atoms with van der Waals surface area (Å²) in [6.45, 7) is 3.60. The normalized spacial score (nSPS) is 15.3. The van der Waals surface area contributed by atoms with Crippen molar-refractivity contribution in [3.8, 4) is 0 Å². The minimum atomic E-state index is -1.97. The fourth-order valence-electron chi connectivity index (χ4n) is 0.545. The maximum Gasteiger partial charge on any atom is 0.232 e. The molecule has 0 rings (SSSR count). The second-order valence-corrected chi connectivity index (χ2v) is 22.6. The van der Waals surface area contributed by atoms with Gasteiger partial charge < -0.3 is 0 Å². The summed E-state index contributed by atoms with van der Waals surface area (Å²) in [6.07, 6.45) is -1.97. The van der Waals surface area contributed by atoms with Crippen molar-refractivity contribution in [1.82, 2.24) is 0 Å². The van der Waals surface area contributed by atoms with E-state index in [9.17, 15) is 0 Å². The molecule has 6 heteroatoms. The lowest BCUT2D eigenvalue weighted by atomic mass is 10.9. The zero-order chi connectivity index (χ0) is 7.71. The van der Waals surface area contributed by atoms with Gasteiger partial charge in [-0.1, -0.05) is 0 Å². The van der Waals surface area contributed by atoms with Crippen molar-refractivity contribution < 1.29 is 0 Å². The molecule has 0 spiro atoms. The second kappa shape index (κ2) is 3.33. The summed E-state index contributed by atoms with van der Waals surface area (Å²) in [5.41, 5.74) is 0. The molecule has 0 heterocycles. The van der Waals surface area contributed by atoms with Crippen molar-refractivity contribution in [2.45, 2.75) is 17.4 Å². The van der Waals surface area contributed by atoms with Gasteiger partial charge in [0.1, 0.15) is 0 Å². The second-order valence-electron chi connectivity index (χ2n) is 2.32. The van der Waals surface area contributed by atoms with Crippen LogP contribution >= 0.6 is 45.4 Å². The van der Waals surface area contributed by atoms with E-state index >= 15 is 0 Å². The Morgan fingerprint density at radius 1 is 1.33 bits per heavy atom. The zero-order valence-electron chi connectivity index (χ0n) is 5.22. The van der Waals surface area contributed by atoms with E-state index in [0.29, 0.717) is 0 Å². The summed E-state index contributed by atoms with van der Waals surface area (Å²) in [5.74, 6) is 0. The Labute approximate surface area is 77.8 Å². The van der Waals surface area contributed by atoms with Crippen LogP contribution in [-0.2, 0) is 0 Å². The molecule has 0 aromatic heterocycles. The van der Waals surface area contributed by atoms with Crippen molar-refractivity contribution in [1.29, 1.82) is 0 Å². The van der Waals surface area contributed by atoms with Crippen molar-refractivity contribution in [3.05, 3.63) is 0 Å². The molecule has 0 nitrogen and oxygen atoms in total. The topological polar surface area (TPSA) is 0 Å². The predicted octanol–water partition coefficient (Wildman–Crippen LogP) is 2.35. The highest BCUT2D eigenvalue weighted by atomic mass is 35.7. The van der Waals surface area contributed by atoms with Gasteiger partial charge in [-0.2, -0.15) is 22.2 Å². The van der Waals surface area contributed by atoms with Gasteiger partial charge in [0.25, 0.3) is 0 Å². The van der Waals surface area contributed by atoms with Crippen LogP contribution in [-0.4, -0.2) is 19.2 Å². The standard InChI is InChI=1S/C3H8Cl4Si2/c1-3(4,5)8-9(2,6)7/h8H2,1-2H3. The van der Waals surface area contributed by atoms with Gasteiger partial charge in [-0.25, -0.2) is 0 Å². The first-order valence-electron chi connectivity index (χ1n) is 2.46. The number of halogens is 4. The summed E-state index contributed by atoms with van der Waals surface area (Å²) < 4.78 is -0.634. The summed E-state index contributed by atoms with van der Waals surface area (Å²) in [7, 11) is -0.711. The Hall–Kier alpha value is 1.59. The first-order valence-corrected chi connectivity index (χ1v) is 10.8. The molecule has 0 aliphatic rings. The highest BCUT2D eigenvalue weighted by Crippen LogP contribution is 2.25. The van der Waals surface area contributed by atoms with Crippen molar-refractivity contribution in [3.63, 3.8) is 0 Å². The van der Waals surface area contributed by atoms with E-state index in [1.165, 1.54) is 0 Å². The average Bonchev–Trinajstić information content (AvgIpc) is 1.14. The van der Waals surface area contributed by atoms with Crippen molar-refractivity contribution in [2.24, 2.45) is 0 Å². The van der Waals surface area contributed by atoms with Crippen molar-refractivity contribution in [2.75, 3.05) is 0 Å². The lowest BCUT2D eigenvalue weighted by Gasteiger charge is -2.17. The molecule has 0 unspecified atom stereocenters. The summed E-state index contributed by atoms with van der Waals surface area (Å²) in [4.78, 5) is 0. The molecule has 0 aromatic carbocycles. The third kappa shape index (κ3) is 9.59. The predicted molar refractivity (Wildman–Crippen MR) is 52.0 cm³/mol. The van der Waals surface area contributed by atoms with Crippen LogP contribution in [0.3, 0.4) is 0 Å². The van der Waals surface area contributed by atoms with Crippen LogP contribution in [0.1, 0.15) is 6.92 Å². The highest BCUT2D eigenvalue weighted by Gasteiger charge is 2.32. The Balaban J connectivity index is 3.75. The molecule has 0 bridgehead atoms. The third-order valence-corrected chi connectivity index (χ3v) is 10.4. The summed E-state index contributed by atoms with van der Waals surface area (Å²) in [6, 6.07) is 0. The Morgan fingerprint density at radius 3 is 1.67 bits per heavy atom. The molecule has 56 valence electrons. The first-order chi connectivity index (χ1) is 3.71. The highest BCUT2D eigenvalue weighted by molar-refractivity contribution is 7.67. The Kier molecular flexibility index (Phi) is 3.92. The first kappa shape index (κ1) is 10.6. The molecule has 0 aromatic rings. The van der Waals surface area contributed by atoms with Gasteiger partial charge in [-0.05, 0) is 13.5 Å². The van der Waals surface area contributed by atoms with Crippen LogP contribution in [0.25, 0.3) is 0 Å². The van der Waals surface area contributed by atoms with Crippen LogP contribution in [0.15, 0.2) is 0 Å². The zero-order valence-corrected chi connectivity index (χ0v) is 10.7. The van der Waals surface area contributed by atoms with E-state index < -0.39 is 19.2 Å². The SMILES string of the molecule is CC(Cl)(Cl)[SiH2][Si](C)(Cl)Cl. The van der Waals surface area contributed by atoms with Crippen molar-refractivity contribution >= 4 is 60.6 Å². The molecule has 0 aliphatic carbocycles. The van der Waals surface area contributed by atoms with E-state index in [1.54, 1.807) is 6.92 Å². The molecule has 9 heavy (non-hydrogen) atoms. The molecule has 0 fully saturated rings. The summed E-state index contributed by atoms with van der Waals surface area (Å²) >= 11 is 23.1. The van der Waals surface area contributed by atoms with E-state index in [0.717, 1.165) is 0 Å².